The third kappa shape index (κ3) is 3.46. The fourth-order valence-corrected chi connectivity index (χ4v) is 3.12. The smallest absolute Gasteiger partial charge is 0.262 e. The van der Waals surface area contributed by atoms with Gasteiger partial charge in [-0.05, 0) is 49.2 Å². The summed E-state index contributed by atoms with van der Waals surface area (Å²) in [6.07, 6.45) is 0.991. The molecule has 27 heavy (non-hydrogen) atoms. The lowest BCUT2D eigenvalue weighted by Crippen LogP contribution is -2.27. The minimum absolute atomic E-state index is 0.00826. The van der Waals surface area contributed by atoms with Gasteiger partial charge in [-0.15, -0.1) is 0 Å². The molecule has 0 bridgehead atoms. The van der Waals surface area contributed by atoms with Crippen LogP contribution in [-0.4, -0.2) is 39.9 Å². The molecule has 0 saturated heterocycles. The third-order valence-corrected chi connectivity index (χ3v) is 4.69. The van der Waals surface area contributed by atoms with E-state index >= 15 is 0 Å². The van der Waals surface area contributed by atoms with Gasteiger partial charge in [-0.25, -0.2) is 4.98 Å². The highest BCUT2D eigenvalue weighted by atomic mass is 16.5. The fourth-order valence-electron chi connectivity index (χ4n) is 3.12. The van der Waals surface area contributed by atoms with Crippen molar-refractivity contribution in [3.63, 3.8) is 0 Å². The Bertz CT molecular complexity index is 1010. The number of aliphatic hydroxyl groups is 1. The lowest BCUT2D eigenvalue weighted by atomic mass is 10.1. The zero-order valence-electron chi connectivity index (χ0n) is 15.2. The Morgan fingerprint density at radius 1 is 1.33 bits per heavy atom. The van der Waals surface area contributed by atoms with E-state index in [1.54, 1.807) is 24.5 Å². The number of fused-ring (bicyclic) bond motifs is 2. The van der Waals surface area contributed by atoms with Crippen molar-refractivity contribution in [2.75, 3.05) is 18.5 Å². The van der Waals surface area contributed by atoms with Crippen LogP contribution in [-0.2, 0) is 11.3 Å². The highest BCUT2D eigenvalue weighted by Gasteiger charge is 2.20. The minimum Gasteiger partial charge on any atom is -0.488 e. The molecule has 1 aromatic heterocycles. The van der Waals surface area contributed by atoms with E-state index in [4.69, 9.17) is 9.47 Å². The van der Waals surface area contributed by atoms with Crippen molar-refractivity contribution in [2.45, 2.75) is 26.5 Å². The number of rotatable bonds is 5. The summed E-state index contributed by atoms with van der Waals surface area (Å²) in [6.45, 7) is 4.54. The van der Waals surface area contributed by atoms with Crippen LogP contribution >= 0.6 is 0 Å². The Morgan fingerprint density at radius 2 is 2.15 bits per heavy atom. The summed E-state index contributed by atoms with van der Waals surface area (Å²) in [5.41, 5.74) is 4.76. The van der Waals surface area contributed by atoms with E-state index in [0.717, 1.165) is 11.0 Å². The molecule has 1 amide bonds. The van der Waals surface area contributed by atoms with Gasteiger partial charge >= 0.3 is 0 Å². The summed E-state index contributed by atoms with van der Waals surface area (Å²) >= 11 is 0. The number of para-hydroxylation sites is 1. The summed E-state index contributed by atoms with van der Waals surface area (Å²) in [6, 6.07) is 9.40. The van der Waals surface area contributed by atoms with Gasteiger partial charge in [-0.2, -0.15) is 0 Å². The molecule has 2 aromatic carbocycles. The molecule has 0 fully saturated rings. The molecule has 1 aliphatic rings. The first-order valence-electron chi connectivity index (χ1n) is 8.80. The van der Waals surface area contributed by atoms with Crippen LogP contribution in [0.15, 0.2) is 36.7 Å². The zero-order chi connectivity index (χ0) is 19.0. The molecule has 0 aliphatic carbocycles. The summed E-state index contributed by atoms with van der Waals surface area (Å²) in [5, 5.41) is 13.2. The number of amides is 1. The average Bonchev–Trinajstić information content (AvgIpc) is 3.02. The normalized spacial score (nSPS) is 14.4. The first-order valence-corrected chi connectivity index (χ1v) is 8.80. The van der Waals surface area contributed by atoms with E-state index in [-0.39, 0.29) is 19.1 Å². The summed E-state index contributed by atoms with van der Waals surface area (Å²) in [7, 11) is 0. The van der Waals surface area contributed by atoms with Crippen molar-refractivity contribution in [1.29, 1.82) is 0 Å². The number of carbonyl (C=O) groups excluding carboxylic acids is 1. The SMILES string of the molecule is Cc1cc2ncn(CC(O)COc3cccc4c3NC(=O)CO4)c2cc1C. The molecule has 4 rings (SSSR count). The first-order chi connectivity index (χ1) is 13.0. The predicted molar refractivity (Wildman–Crippen MR) is 101 cm³/mol. The van der Waals surface area contributed by atoms with Crippen LogP contribution < -0.4 is 14.8 Å². The second-order valence-corrected chi connectivity index (χ2v) is 6.75. The number of aromatic nitrogens is 2. The number of ether oxygens (including phenoxy) is 2. The van der Waals surface area contributed by atoms with Crippen molar-refractivity contribution >= 4 is 22.6 Å². The van der Waals surface area contributed by atoms with E-state index in [1.165, 1.54) is 11.1 Å². The molecular weight excluding hydrogens is 346 g/mol. The number of benzene rings is 2. The van der Waals surface area contributed by atoms with Crippen LogP contribution in [0, 0.1) is 13.8 Å². The van der Waals surface area contributed by atoms with Crippen LogP contribution in [0.5, 0.6) is 11.5 Å². The van der Waals surface area contributed by atoms with Gasteiger partial charge in [0, 0.05) is 0 Å². The molecule has 2 heterocycles. The third-order valence-electron chi connectivity index (χ3n) is 4.69. The summed E-state index contributed by atoms with van der Waals surface area (Å²) in [4.78, 5) is 16.0. The Hall–Kier alpha value is -3.06. The highest BCUT2D eigenvalue weighted by Crippen LogP contribution is 2.36. The Morgan fingerprint density at radius 3 is 3.00 bits per heavy atom. The number of aliphatic hydroxyl groups excluding tert-OH is 1. The Balaban J connectivity index is 1.46. The molecule has 0 saturated carbocycles. The molecule has 0 radical (unpaired) electrons. The lowest BCUT2D eigenvalue weighted by molar-refractivity contribution is -0.118. The number of anilines is 1. The number of hydrogen-bond donors (Lipinski definition) is 2. The minimum atomic E-state index is -0.736. The predicted octanol–water partition coefficient (Wildman–Crippen LogP) is 2.42. The van der Waals surface area contributed by atoms with Crippen LogP contribution in [0.2, 0.25) is 0 Å². The average molecular weight is 367 g/mol. The van der Waals surface area contributed by atoms with Gasteiger partial charge in [0.1, 0.15) is 29.9 Å². The number of nitrogens with one attached hydrogen (secondary N) is 1. The molecule has 1 atom stereocenters. The first kappa shape index (κ1) is 17.4. The van der Waals surface area contributed by atoms with Crippen LogP contribution in [0.25, 0.3) is 11.0 Å². The van der Waals surface area contributed by atoms with E-state index in [1.807, 2.05) is 10.6 Å². The molecule has 7 nitrogen and oxygen atoms in total. The van der Waals surface area contributed by atoms with E-state index in [0.29, 0.717) is 23.7 Å². The largest absolute Gasteiger partial charge is 0.488 e. The molecule has 140 valence electrons. The Kier molecular flexibility index (Phi) is 4.45. The van der Waals surface area contributed by atoms with Gasteiger partial charge in [0.05, 0.1) is 23.9 Å². The maximum Gasteiger partial charge on any atom is 0.262 e. The van der Waals surface area contributed by atoms with E-state index in [2.05, 4.69) is 30.2 Å². The van der Waals surface area contributed by atoms with Gasteiger partial charge in [0.2, 0.25) is 0 Å². The maximum absolute atomic E-state index is 11.6. The molecule has 3 aromatic rings. The summed E-state index contributed by atoms with van der Waals surface area (Å²) < 4.78 is 13.0. The number of carbonyl (C=O) groups is 1. The molecular formula is C20H21N3O4. The van der Waals surface area contributed by atoms with Gasteiger partial charge in [0.15, 0.2) is 6.61 Å². The second-order valence-electron chi connectivity index (χ2n) is 6.75. The van der Waals surface area contributed by atoms with Crippen molar-refractivity contribution in [3.8, 4) is 11.5 Å². The number of aryl methyl sites for hydroxylation is 2. The number of imidazole rings is 1. The van der Waals surface area contributed by atoms with Crippen molar-refractivity contribution in [2.24, 2.45) is 0 Å². The molecule has 1 unspecified atom stereocenters. The van der Waals surface area contributed by atoms with Crippen LogP contribution in [0.4, 0.5) is 5.69 Å². The zero-order valence-corrected chi connectivity index (χ0v) is 15.2. The van der Waals surface area contributed by atoms with Gasteiger partial charge in [-0.1, -0.05) is 6.07 Å². The van der Waals surface area contributed by atoms with E-state index < -0.39 is 6.10 Å². The van der Waals surface area contributed by atoms with Gasteiger partial charge in [-0.3, -0.25) is 4.79 Å². The van der Waals surface area contributed by atoms with E-state index in [9.17, 15) is 9.90 Å². The maximum atomic E-state index is 11.6. The van der Waals surface area contributed by atoms with Crippen LogP contribution in [0.1, 0.15) is 11.1 Å². The Labute approximate surface area is 156 Å². The topological polar surface area (TPSA) is 85.6 Å². The van der Waals surface area contributed by atoms with Crippen molar-refractivity contribution < 1.29 is 19.4 Å². The van der Waals surface area contributed by atoms with Gasteiger partial charge < -0.3 is 24.5 Å². The number of hydrogen-bond acceptors (Lipinski definition) is 5. The molecule has 7 heteroatoms. The second kappa shape index (κ2) is 6.92. The van der Waals surface area contributed by atoms with Crippen molar-refractivity contribution in [1.82, 2.24) is 9.55 Å². The van der Waals surface area contributed by atoms with Crippen molar-refractivity contribution in [3.05, 3.63) is 47.8 Å². The highest BCUT2D eigenvalue weighted by molar-refractivity contribution is 5.97. The van der Waals surface area contributed by atoms with Gasteiger partial charge in [0.25, 0.3) is 5.91 Å². The fraction of sp³-hybridized carbons (Fsp3) is 0.300. The summed E-state index contributed by atoms with van der Waals surface area (Å²) in [5.74, 6) is 0.809. The lowest BCUT2D eigenvalue weighted by Gasteiger charge is -2.21. The number of nitrogens with zero attached hydrogens (tertiary/aromatic N) is 2. The molecule has 0 spiro atoms. The van der Waals surface area contributed by atoms with Crippen LogP contribution in [0.3, 0.4) is 0 Å². The molecule has 1 aliphatic heterocycles. The molecule has 2 N–H and O–H groups in total. The standard InChI is InChI=1S/C20H21N3O4/c1-12-6-15-16(7-13(12)2)23(11-21-15)8-14(24)9-26-17-4-3-5-18-20(17)22-19(25)10-27-18/h3-7,11,14,24H,8-10H2,1-2H3,(H,22,25). The quantitative estimate of drug-likeness (QED) is 0.723. The monoisotopic (exact) mass is 367 g/mol.